The molecule has 172 valence electrons. The van der Waals surface area contributed by atoms with Crippen LogP contribution in [0.5, 0.6) is 0 Å². The van der Waals surface area contributed by atoms with Gasteiger partial charge in [0.2, 0.25) is 0 Å². The largest absolute Gasteiger partial charge is 0.423 e. The molecule has 0 saturated heterocycles. The molecule has 0 atom stereocenters. The molecule has 0 fully saturated rings. The van der Waals surface area contributed by atoms with Crippen molar-refractivity contribution >= 4 is 33.6 Å². The van der Waals surface area contributed by atoms with Crippen LogP contribution in [0.2, 0.25) is 0 Å². The van der Waals surface area contributed by atoms with Gasteiger partial charge >= 0.3 is 5.63 Å². The van der Waals surface area contributed by atoms with Gasteiger partial charge in [-0.15, -0.1) is 0 Å². The molecule has 33 heavy (non-hydrogen) atoms. The van der Waals surface area contributed by atoms with Crippen LogP contribution < -0.4 is 11.2 Å². The van der Waals surface area contributed by atoms with Gasteiger partial charge in [-0.25, -0.2) is 9.78 Å². The summed E-state index contributed by atoms with van der Waals surface area (Å²) in [4.78, 5) is 30.2. The van der Waals surface area contributed by atoms with Crippen LogP contribution in [0.3, 0.4) is 0 Å². The number of para-hydroxylation sites is 1. The average molecular weight is 465 g/mol. The maximum absolute atomic E-state index is 13.2. The molecule has 4 rings (SSSR count). The molecule has 2 aromatic carbocycles. The van der Waals surface area contributed by atoms with Gasteiger partial charge in [0.1, 0.15) is 5.58 Å². The Balaban J connectivity index is 1.76. The molecule has 4 aromatic rings. The molecule has 0 unspecified atom stereocenters. The molecule has 6 nitrogen and oxygen atoms in total. The lowest BCUT2D eigenvalue weighted by atomic mass is 9.95. The van der Waals surface area contributed by atoms with E-state index in [1.165, 1.54) is 17.3 Å². The standard InChI is InChI=1S/C26H28N2O4S/c1-16(2)20-14-21-18(13-24(29)32-23(21)12-17(20)3)15-33-26-27-22-9-6-5-8-19(22)25(30)28(26)10-7-11-31-4/h5-6,8-9,12-14,16H,7,10-11,15H2,1-4H3. The van der Waals surface area contributed by atoms with E-state index in [9.17, 15) is 9.59 Å². The fraction of sp³-hybridized carbons (Fsp3) is 0.346. The molecule has 0 aliphatic carbocycles. The first kappa shape index (κ1) is 23.3. The topological polar surface area (TPSA) is 74.3 Å². The van der Waals surface area contributed by atoms with Crippen LogP contribution in [0.1, 0.15) is 42.9 Å². The van der Waals surface area contributed by atoms with Crippen molar-refractivity contribution in [3.63, 3.8) is 0 Å². The molecule has 0 radical (unpaired) electrons. The number of aryl methyl sites for hydroxylation is 1. The van der Waals surface area contributed by atoms with Crippen molar-refractivity contribution in [3.05, 3.63) is 79.9 Å². The maximum atomic E-state index is 13.2. The van der Waals surface area contributed by atoms with Gasteiger partial charge in [-0.2, -0.15) is 0 Å². The Morgan fingerprint density at radius 2 is 1.91 bits per heavy atom. The van der Waals surface area contributed by atoms with Crippen molar-refractivity contribution in [1.29, 1.82) is 0 Å². The predicted molar refractivity (Wildman–Crippen MR) is 133 cm³/mol. The highest BCUT2D eigenvalue weighted by Gasteiger charge is 2.15. The van der Waals surface area contributed by atoms with Crippen molar-refractivity contribution in [3.8, 4) is 0 Å². The maximum Gasteiger partial charge on any atom is 0.336 e. The predicted octanol–water partition coefficient (Wildman–Crippen LogP) is 5.26. The Morgan fingerprint density at radius 3 is 2.67 bits per heavy atom. The zero-order valence-electron chi connectivity index (χ0n) is 19.4. The van der Waals surface area contributed by atoms with Crippen molar-refractivity contribution in [1.82, 2.24) is 9.55 Å². The molecule has 7 heteroatoms. The van der Waals surface area contributed by atoms with Crippen LogP contribution in [-0.4, -0.2) is 23.3 Å². The minimum Gasteiger partial charge on any atom is -0.423 e. The number of benzene rings is 2. The van der Waals surface area contributed by atoms with Crippen molar-refractivity contribution in [2.75, 3.05) is 13.7 Å². The molecule has 0 aliphatic heterocycles. The fourth-order valence-electron chi connectivity index (χ4n) is 4.10. The van der Waals surface area contributed by atoms with Gasteiger partial charge < -0.3 is 9.15 Å². The van der Waals surface area contributed by atoms with Gasteiger partial charge in [-0.1, -0.05) is 37.7 Å². The first-order chi connectivity index (χ1) is 15.9. The third kappa shape index (κ3) is 4.89. The molecule has 0 bridgehead atoms. The number of nitrogens with zero attached hydrogens (tertiary/aromatic N) is 2. The lowest BCUT2D eigenvalue weighted by Crippen LogP contribution is -2.24. The summed E-state index contributed by atoms with van der Waals surface area (Å²) >= 11 is 1.46. The molecular formula is C26H28N2O4S. The second-order valence-corrected chi connectivity index (χ2v) is 9.40. The molecule has 2 aromatic heterocycles. The third-order valence-electron chi connectivity index (χ3n) is 5.75. The smallest absolute Gasteiger partial charge is 0.336 e. The highest BCUT2D eigenvalue weighted by molar-refractivity contribution is 7.98. The van der Waals surface area contributed by atoms with Crippen molar-refractivity contribution in [2.45, 2.75) is 50.6 Å². The van der Waals surface area contributed by atoms with Gasteiger partial charge in [0.15, 0.2) is 5.16 Å². The average Bonchev–Trinajstić information content (AvgIpc) is 2.78. The van der Waals surface area contributed by atoms with Crippen molar-refractivity contribution < 1.29 is 9.15 Å². The van der Waals surface area contributed by atoms with Gasteiger partial charge in [-0.05, 0) is 60.2 Å². The molecule has 0 amide bonds. The van der Waals surface area contributed by atoms with Crippen LogP contribution in [0.15, 0.2) is 61.6 Å². The number of aromatic nitrogens is 2. The van der Waals surface area contributed by atoms with Crippen LogP contribution in [0.4, 0.5) is 0 Å². The summed E-state index contributed by atoms with van der Waals surface area (Å²) in [5, 5.41) is 2.15. The number of thioether (sulfide) groups is 1. The number of hydrogen-bond acceptors (Lipinski definition) is 6. The zero-order valence-corrected chi connectivity index (χ0v) is 20.2. The Kier molecular flexibility index (Phi) is 7.00. The summed E-state index contributed by atoms with van der Waals surface area (Å²) in [5.41, 5.74) is 4.02. The normalized spacial score (nSPS) is 11.7. The number of ether oxygens (including phenoxy) is 1. The van der Waals surface area contributed by atoms with Crippen molar-refractivity contribution in [2.24, 2.45) is 0 Å². The summed E-state index contributed by atoms with van der Waals surface area (Å²) in [6.45, 7) is 7.42. The van der Waals surface area contributed by atoms with Gasteiger partial charge in [0.25, 0.3) is 5.56 Å². The second kappa shape index (κ2) is 9.93. The Bertz CT molecular complexity index is 1420. The Hall–Kier alpha value is -2.90. The van der Waals surface area contributed by atoms with E-state index in [0.717, 1.165) is 16.5 Å². The van der Waals surface area contributed by atoms with E-state index >= 15 is 0 Å². The number of methoxy groups -OCH3 is 1. The minimum absolute atomic E-state index is 0.0608. The van der Waals surface area contributed by atoms with Gasteiger partial charge in [-0.3, -0.25) is 9.36 Å². The second-order valence-electron chi connectivity index (χ2n) is 8.45. The fourth-order valence-corrected chi connectivity index (χ4v) is 5.11. The number of hydrogen-bond donors (Lipinski definition) is 0. The lowest BCUT2D eigenvalue weighted by molar-refractivity contribution is 0.189. The monoisotopic (exact) mass is 464 g/mol. The summed E-state index contributed by atoms with van der Waals surface area (Å²) in [5.74, 6) is 0.854. The van der Waals surface area contributed by atoms with E-state index in [0.29, 0.717) is 52.9 Å². The zero-order chi connectivity index (χ0) is 23.5. The number of fused-ring (bicyclic) bond motifs is 2. The van der Waals surface area contributed by atoms with Gasteiger partial charge in [0.05, 0.1) is 10.9 Å². The minimum atomic E-state index is -0.376. The third-order valence-corrected chi connectivity index (χ3v) is 6.78. The van der Waals surface area contributed by atoms with E-state index in [4.69, 9.17) is 14.1 Å². The Labute approximate surface area is 196 Å². The highest BCUT2D eigenvalue weighted by Crippen LogP contribution is 2.30. The SMILES string of the molecule is COCCCn1c(SCc2cc(=O)oc3cc(C)c(C(C)C)cc23)nc2ccccc2c1=O. The Morgan fingerprint density at radius 1 is 1.12 bits per heavy atom. The highest BCUT2D eigenvalue weighted by atomic mass is 32.2. The first-order valence-corrected chi connectivity index (χ1v) is 12.1. The van der Waals surface area contributed by atoms with Crippen LogP contribution in [-0.2, 0) is 17.0 Å². The summed E-state index contributed by atoms with van der Waals surface area (Å²) in [7, 11) is 1.65. The van der Waals surface area contributed by atoms with E-state index in [2.05, 4.69) is 19.9 Å². The molecule has 0 saturated carbocycles. The van der Waals surface area contributed by atoms with Gasteiger partial charge in [0, 0.05) is 37.5 Å². The summed E-state index contributed by atoms with van der Waals surface area (Å²) < 4.78 is 12.4. The lowest BCUT2D eigenvalue weighted by Gasteiger charge is -2.15. The summed E-state index contributed by atoms with van der Waals surface area (Å²) in [6.07, 6.45) is 0.707. The molecule has 0 N–H and O–H groups in total. The van der Waals surface area contributed by atoms with Crippen LogP contribution in [0.25, 0.3) is 21.9 Å². The molecule has 2 heterocycles. The van der Waals surface area contributed by atoms with E-state index in [1.54, 1.807) is 23.8 Å². The van der Waals surface area contributed by atoms with E-state index < -0.39 is 0 Å². The van der Waals surface area contributed by atoms with Crippen LogP contribution >= 0.6 is 11.8 Å². The van der Waals surface area contributed by atoms with Crippen LogP contribution in [0, 0.1) is 6.92 Å². The quantitative estimate of drug-likeness (QED) is 0.153. The molecular weight excluding hydrogens is 436 g/mol. The molecule has 0 aliphatic rings. The van der Waals surface area contributed by atoms with E-state index in [-0.39, 0.29) is 11.2 Å². The van der Waals surface area contributed by atoms with E-state index in [1.807, 2.05) is 31.2 Å². The first-order valence-electron chi connectivity index (χ1n) is 11.1. The number of rotatable bonds is 8. The summed E-state index contributed by atoms with van der Waals surface area (Å²) in [6, 6.07) is 13.0. The molecule has 0 spiro atoms.